The lowest BCUT2D eigenvalue weighted by Crippen LogP contribution is -2.64. The Morgan fingerprint density at radius 2 is 1.58 bits per heavy atom. The van der Waals surface area contributed by atoms with Crippen molar-refractivity contribution in [1.29, 1.82) is 0 Å². The van der Waals surface area contributed by atoms with Gasteiger partial charge in [-0.25, -0.2) is 4.79 Å². The van der Waals surface area contributed by atoms with Gasteiger partial charge in [0.25, 0.3) is 0 Å². The Morgan fingerprint density at radius 1 is 0.933 bits per heavy atom. The fraction of sp³-hybridized carbons (Fsp3) is 0.677. The molecule has 0 N–H and O–H groups in total. The first-order chi connectivity index (χ1) is 21.5. The van der Waals surface area contributed by atoms with Crippen molar-refractivity contribution in [2.75, 3.05) is 26.7 Å². The zero-order valence-electron chi connectivity index (χ0n) is 26.7. The summed E-state index contributed by atoms with van der Waals surface area (Å²) in [5.74, 6) is -2.64. The standard InChI is InChI=1S/C31H42N4O10/c1-7-13-35-14-12-19(15-35)23-22-20-10-8-9-11-21(20)29(32-28(22)34(5)33-23)45-31-27(43-18(4)38)25(42-17(3)37)24(41-16(2)36)26(44-31)30(39)40-6/h19,24-27,31H,7-15H2,1-6H3/t19-,24-,25-,26-,27+,31-/m0/s1. The van der Waals surface area contributed by atoms with Gasteiger partial charge in [0.1, 0.15) is 0 Å². The molecule has 2 aromatic heterocycles. The third kappa shape index (κ3) is 6.76. The predicted molar refractivity (Wildman–Crippen MR) is 157 cm³/mol. The molecule has 2 saturated heterocycles. The van der Waals surface area contributed by atoms with Crippen molar-refractivity contribution < 1.29 is 47.6 Å². The minimum Gasteiger partial charge on any atom is -0.467 e. The second-order valence-electron chi connectivity index (χ2n) is 11.9. The number of carbonyl (C=O) groups excluding carboxylic acids is 4. The van der Waals surface area contributed by atoms with Crippen LogP contribution in [0.15, 0.2) is 0 Å². The van der Waals surface area contributed by atoms with Gasteiger partial charge in [-0.3, -0.25) is 19.1 Å². The highest BCUT2D eigenvalue weighted by molar-refractivity contribution is 5.85. The minimum absolute atomic E-state index is 0.240. The quantitative estimate of drug-likeness (QED) is 0.293. The summed E-state index contributed by atoms with van der Waals surface area (Å²) in [5.41, 5.74) is 3.68. The summed E-state index contributed by atoms with van der Waals surface area (Å²) in [6.45, 7) is 8.66. The second-order valence-corrected chi connectivity index (χ2v) is 11.9. The number of esters is 4. The number of hydrogen-bond donors (Lipinski definition) is 0. The Labute approximate surface area is 261 Å². The lowest BCUT2D eigenvalue weighted by molar-refractivity contribution is -0.283. The van der Waals surface area contributed by atoms with Gasteiger partial charge in [0.05, 0.1) is 12.8 Å². The molecule has 3 aliphatic rings. The normalized spacial score (nSPS) is 26.6. The summed E-state index contributed by atoms with van der Waals surface area (Å²) >= 11 is 0. The Morgan fingerprint density at radius 3 is 2.22 bits per heavy atom. The van der Waals surface area contributed by atoms with Crippen LogP contribution in [-0.2, 0) is 62.8 Å². The van der Waals surface area contributed by atoms with Gasteiger partial charge in [-0.2, -0.15) is 10.1 Å². The number of hydrogen-bond acceptors (Lipinski definition) is 13. The van der Waals surface area contributed by atoms with Crippen molar-refractivity contribution in [3.05, 3.63) is 16.8 Å². The monoisotopic (exact) mass is 630 g/mol. The van der Waals surface area contributed by atoms with E-state index in [1.54, 1.807) is 4.68 Å². The SMILES string of the molecule is CCCN1CC[C@H](c2nn(C)c3nc(O[C@@H]4O[C@H](C(=O)OC)[C@@H](OC(C)=O)[C@H](OC(C)=O)[C@H]4OC(C)=O)c4c(c23)CCCC4)C1. The molecule has 14 nitrogen and oxygen atoms in total. The predicted octanol–water partition coefficient (Wildman–Crippen LogP) is 2.12. The lowest BCUT2D eigenvalue weighted by Gasteiger charge is -2.43. The van der Waals surface area contributed by atoms with E-state index < -0.39 is 54.6 Å². The molecule has 0 saturated carbocycles. The molecule has 0 aromatic carbocycles. The van der Waals surface area contributed by atoms with Crippen molar-refractivity contribution in [1.82, 2.24) is 19.7 Å². The van der Waals surface area contributed by atoms with E-state index in [2.05, 4.69) is 11.8 Å². The number of methoxy groups -OCH3 is 1. The Kier molecular flexibility index (Phi) is 9.92. The molecule has 2 aliphatic heterocycles. The molecular formula is C31H42N4O10. The molecule has 0 bridgehead atoms. The Bertz CT molecular complexity index is 1460. The van der Waals surface area contributed by atoms with Gasteiger partial charge in [-0.1, -0.05) is 6.92 Å². The van der Waals surface area contributed by atoms with Crippen LogP contribution >= 0.6 is 0 Å². The van der Waals surface area contributed by atoms with Gasteiger partial charge in [0.15, 0.2) is 24.0 Å². The molecule has 14 heteroatoms. The summed E-state index contributed by atoms with van der Waals surface area (Å²) in [7, 11) is 2.99. The number of aryl methyl sites for hydroxylation is 2. The van der Waals surface area contributed by atoms with Gasteiger partial charge >= 0.3 is 23.9 Å². The second kappa shape index (κ2) is 13.7. The Balaban J connectivity index is 1.58. The average Bonchev–Trinajstić information content (AvgIpc) is 3.59. The maximum Gasteiger partial charge on any atom is 0.339 e. The van der Waals surface area contributed by atoms with E-state index in [0.29, 0.717) is 18.0 Å². The number of rotatable bonds is 9. The average molecular weight is 631 g/mol. The number of pyridine rings is 1. The summed E-state index contributed by atoms with van der Waals surface area (Å²) in [4.78, 5) is 56.8. The van der Waals surface area contributed by atoms with Crippen molar-refractivity contribution in [3.8, 4) is 5.88 Å². The van der Waals surface area contributed by atoms with Crippen LogP contribution in [0.25, 0.3) is 11.0 Å². The van der Waals surface area contributed by atoms with Crippen LogP contribution in [0.3, 0.4) is 0 Å². The van der Waals surface area contributed by atoms with Gasteiger partial charge < -0.3 is 33.3 Å². The van der Waals surface area contributed by atoms with E-state index in [4.69, 9.17) is 38.5 Å². The van der Waals surface area contributed by atoms with Crippen LogP contribution < -0.4 is 4.74 Å². The molecule has 5 rings (SSSR count). The van der Waals surface area contributed by atoms with E-state index in [0.717, 1.165) is 94.9 Å². The molecule has 2 aromatic rings. The van der Waals surface area contributed by atoms with Crippen LogP contribution in [0.2, 0.25) is 0 Å². The molecular weight excluding hydrogens is 588 g/mol. The summed E-state index contributed by atoms with van der Waals surface area (Å²) in [5, 5.41) is 5.99. The summed E-state index contributed by atoms with van der Waals surface area (Å²) in [6.07, 6.45) is -1.87. The van der Waals surface area contributed by atoms with E-state index in [1.165, 1.54) is 6.92 Å². The molecule has 1 aliphatic carbocycles. The van der Waals surface area contributed by atoms with Crippen molar-refractivity contribution >= 4 is 34.9 Å². The number of fused-ring (bicyclic) bond motifs is 3. The number of aromatic nitrogens is 3. The van der Waals surface area contributed by atoms with Gasteiger partial charge in [0.2, 0.25) is 18.3 Å². The van der Waals surface area contributed by atoms with Gasteiger partial charge in [-0.15, -0.1) is 0 Å². The van der Waals surface area contributed by atoms with Crippen LogP contribution in [0.4, 0.5) is 0 Å². The van der Waals surface area contributed by atoms with Crippen LogP contribution in [0, 0.1) is 0 Å². The molecule has 0 spiro atoms. The Hall–Kier alpha value is -3.78. The largest absolute Gasteiger partial charge is 0.467 e. The first-order valence-corrected chi connectivity index (χ1v) is 15.5. The van der Waals surface area contributed by atoms with Gasteiger partial charge in [0, 0.05) is 51.2 Å². The first kappa shape index (κ1) is 32.6. The third-order valence-electron chi connectivity index (χ3n) is 8.54. The smallest absolute Gasteiger partial charge is 0.339 e. The topological polar surface area (TPSA) is 158 Å². The van der Waals surface area contributed by atoms with Gasteiger partial charge in [-0.05, 0) is 57.2 Å². The van der Waals surface area contributed by atoms with Crippen molar-refractivity contribution in [2.24, 2.45) is 7.05 Å². The van der Waals surface area contributed by atoms with Crippen molar-refractivity contribution in [3.63, 3.8) is 0 Å². The minimum atomic E-state index is -1.56. The fourth-order valence-electron chi connectivity index (χ4n) is 6.78. The number of nitrogens with zero attached hydrogens (tertiary/aromatic N) is 4. The highest BCUT2D eigenvalue weighted by Crippen LogP contribution is 2.41. The van der Waals surface area contributed by atoms with Crippen LogP contribution in [-0.4, -0.2) is 101 Å². The summed E-state index contributed by atoms with van der Waals surface area (Å²) < 4.78 is 35.5. The van der Waals surface area contributed by atoms with E-state index in [9.17, 15) is 19.2 Å². The van der Waals surface area contributed by atoms with Crippen LogP contribution in [0.5, 0.6) is 5.88 Å². The molecule has 4 heterocycles. The lowest BCUT2D eigenvalue weighted by atomic mass is 9.88. The molecule has 45 heavy (non-hydrogen) atoms. The first-order valence-electron chi connectivity index (χ1n) is 15.5. The van der Waals surface area contributed by atoms with E-state index in [1.807, 2.05) is 7.05 Å². The zero-order chi connectivity index (χ0) is 32.4. The molecule has 0 amide bonds. The molecule has 0 radical (unpaired) electrons. The maximum absolute atomic E-state index is 12.9. The number of ether oxygens (including phenoxy) is 6. The van der Waals surface area contributed by atoms with E-state index in [-0.39, 0.29) is 5.88 Å². The maximum atomic E-state index is 12.9. The molecule has 0 unspecified atom stereocenters. The summed E-state index contributed by atoms with van der Waals surface area (Å²) in [6, 6.07) is 0. The fourth-order valence-corrected chi connectivity index (χ4v) is 6.78. The zero-order valence-corrected chi connectivity index (χ0v) is 26.7. The highest BCUT2D eigenvalue weighted by atomic mass is 16.7. The van der Waals surface area contributed by atoms with Crippen molar-refractivity contribution in [2.45, 2.75) is 103 Å². The number of carbonyl (C=O) groups is 4. The molecule has 2 fully saturated rings. The van der Waals surface area contributed by atoms with Crippen LogP contribution in [0.1, 0.15) is 76.1 Å². The third-order valence-corrected chi connectivity index (χ3v) is 8.54. The molecule has 6 atom stereocenters. The molecule has 246 valence electrons. The van der Waals surface area contributed by atoms with E-state index >= 15 is 0 Å². The number of likely N-dealkylation sites (tertiary alicyclic amines) is 1. The highest BCUT2D eigenvalue weighted by Gasteiger charge is 2.56.